The van der Waals surface area contributed by atoms with Crippen LogP contribution in [0.5, 0.6) is 5.75 Å². The Bertz CT molecular complexity index is 1310. The number of hydrogen-bond donors (Lipinski definition) is 0. The lowest BCUT2D eigenvalue weighted by Crippen LogP contribution is -2.41. The highest BCUT2D eigenvalue weighted by Crippen LogP contribution is 2.34. The molecule has 8 nitrogen and oxygen atoms in total. The van der Waals surface area contributed by atoms with Gasteiger partial charge in [0.05, 0.1) is 26.0 Å². The minimum absolute atomic E-state index is 0.0340. The SMILES string of the molecule is COc1ccccc1-n1c(SCc2ccccc2C(=O)N2CCOCC2)nnc1-c1cccnc1. The summed E-state index contributed by atoms with van der Waals surface area (Å²) in [5, 5.41) is 9.69. The van der Waals surface area contributed by atoms with Gasteiger partial charge in [-0.1, -0.05) is 42.1 Å². The highest BCUT2D eigenvalue weighted by Gasteiger charge is 2.23. The number of benzene rings is 2. The second-order valence-electron chi connectivity index (χ2n) is 7.91. The van der Waals surface area contributed by atoms with Gasteiger partial charge >= 0.3 is 0 Å². The van der Waals surface area contributed by atoms with E-state index in [1.54, 1.807) is 19.5 Å². The van der Waals surface area contributed by atoms with Gasteiger partial charge in [0.25, 0.3) is 5.91 Å². The summed E-state index contributed by atoms with van der Waals surface area (Å²) in [7, 11) is 1.65. The fourth-order valence-electron chi connectivity index (χ4n) is 4.01. The Morgan fingerprint density at radius 2 is 1.83 bits per heavy atom. The summed E-state index contributed by atoms with van der Waals surface area (Å²) >= 11 is 1.53. The van der Waals surface area contributed by atoms with Crippen molar-refractivity contribution in [3.63, 3.8) is 0 Å². The number of para-hydroxylation sites is 2. The molecule has 0 unspecified atom stereocenters. The highest BCUT2D eigenvalue weighted by molar-refractivity contribution is 7.98. The molecule has 0 N–H and O–H groups in total. The van der Waals surface area contributed by atoms with Gasteiger partial charge < -0.3 is 14.4 Å². The fraction of sp³-hybridized carbons (Fsp3) is 0.231. The van der Waals surface area contributed by atoms with Gasteiger partial charge in [0.1, 0.15) is 5.75 Å². The number of ether oxygens (including phenoxy) is 2. The average molecular weight is 488 g/mol. The number of carbonyl (C=O) groups excluding carboxylic acids is 1. The molecule has 0 aliphatic carbocycles. The summed E-state index contributed by atoms with van der Waals surface area (Å²) in [5.74, 6) is 1.98. The minimum atomic E-state index is 0.0340. The summed E-state index contributed by atoms with van der Waals surface area (Å²) in [5.41, 5.74) is 3.34. The monoisotopic (exact) mass is 487 g/mol. The lowest BCUT2D eigenvalue weighted by atomic mass is 10.1. The van der Waals surface area contributed by atoms with Crippen LogP contribution in [-0.2, 0) is 10.5 Å². The molecule has 1 fully saturated rings. The average Bonchev–Trinajstić information content (AvgIpc) is 3.36. The Labute approximate surface area is 207 Å². The van der Waals surface area contributed by atoms with Gasteiger partial charge in [0.2, 0.25) is 0 Å². The number of methoxy groups -OCH3 is 1. The lowest BCUT2D eigenvalue weighted by molar-refractivity contribution is 0.0302. The van der Waals surface area contributed by atoms with Gasteiger partial charge in [-0.05, 0) is 35.9 Å². The van der Waals surface area contributed by atoms with Crippen molar-refractivity contribution in [3.8, 4) is 22.8 Å². The number of rotatable bonds is 7. The Hall–Kier alpha value is -3.69. The molecule has 1 aliphatic rings. The van der Waals surface area contributed by atoms with Crippen LogP contribution in [0, 0.1) is 0 Å². The molecule has 178 valence electrons. The van der Waals surface area contributed by atoms with Crippen LogP contribution in [0.4, 0.5) is 0 Å². The van der Waals surface area contributed by atoms with E-state index in [4.69, 9.17) is 9.47 Å². The smallest absolute Gasteiger partial charge is 0.254 e. The van der Waals surface area contributed by atoms with E-state index in [1.165, 1.54) is 11.8 Å². The molecule has 0 radical (unpaired) electrons. The molecule has 2 aromatic heterocycles. The molecule has 1 saturated heterocycles. The van der Waals surface area contributed by atoms with E-state index in [-0.39, 0.29) is 5.91 Å². The second kappa shape index (κ2) is 10.7. The first kappa shape index (κ1) is 23.1. The number of pyridine rings is 1. The summed E-state index contributed by atoms with van der Waals surface area (Å²) in [6, 6.07) is 19.3. The number of thioether (sulfide) groups is 1. The van der Waals surface area contributed by atoms with Crippen LogP contribution in [0.2, 0.25) is 0 Å². The van der Waals surface area contributed by atoms with Crippen molar-refractivity contribution in [1.82, 2.24) is 24.6 Å². The van der Waals surface area contributed by atoms with Crippen LogP contribution in [0.3, 0.4) is 0 Å². The first-order chi connectivity index (χ1) is 17.3. The first-order valence-corrected chi connectivity index (χ1v) is 12.3. The number of hydrogen-bond acceptors (Lipinski definition) is 7. The predicted molar refractivity (Wildman–Crippen MR) is 134 cm³/mol. The van der Waals surface area contributed by atoms with Gasteiger partial charge in [0, 0.05) is 42.4 Å². The standard InChI is InChI=1S/C26H25N5O3S/c1-33-23-11-5-4-10-22(23)31-24(19-8-6-12-27-17-19)28-29-26(31)35-18-20-7-2-3-9-21(20)25(32)30-13-15-34-16-14-30/h2-12,17H,13-16,18H2,1H3. The number of amides is 1. The van der Waals surface area contributed by atoms with Crippen molar-refractivity contribution in [1.29, 1.82) is 0 Å². The lowest BCUT2D eigenvalue weighted by Gasteiger charge is -2.27. The Balaban J connectivity index is 1.48. The van der Waals surface area contributed by atoms with Crippen molar-refractivity contribution >= 4 is 17.7 Å². The van der Waals surface area contributed by atoms with Gasteiger partial charge in [-0.25, -0.2) is 0 Å². The van der Waals surface area contributed by atoms with Crippen molar-refractivity contribution in [2.45, 2.75) is 10.9 Å². The first-order valence-electron chi connectivity index (χ1n) is 11.3. The second-order valence-corrected chi connectivity index (χ2v) is 8.85. The van der Waals surface area contributed by atoms with Crippen LogP contribution in [0.1, 0.15) is 15.9 Å². The van der Waals surface area contributed by atoms with Crippen molar-refractivity contribution < 1.29 is 14.3 Å². The molecule has 1 amide bonds. The molecule has 9 heteroatoms. The number of nitrogens with zero attached hydrogens (tertiary/aromatic N) is 5. The molecule has 35 heavy (non-hydrogen) atoms. The maximum absolute atomic E-state index is 13.2. The quantitative estimate of drug-likeness (QED) is 0.363. The van der Waals surface area contributed by atoms with Gasteiger partial charge in [-0.3, -0.25) is 14.3 Å². The summed E-state index contributed by atoms with van der Waals surface area (Å²) in [4.78, 5) is 19.3. The molecule has 4 aromatic rings. The number of carbonyl (C=O) groups is 1. The maximum Gasteiger partial charge on any atom is 0.254 e. The minimum Gasteiger partial charge on any atom is -0.495 e. The Kier molecular flexibility index (Phi) is 7.06. The number of morpholine rings is 1. The Morgan fingerprint density at radius 3 is 2.63 bits per heavy atom. The molecule has 0 bridgehead atoms. The van der Waals surface area contributed by atoms with E-state index in [9.17, 15) is 4.79 Å². The van der Waals surface area contributed by atoms with Crippen molar-refractivity contribution in [3.05, 3.63) is 84.2 Å². The Morgan fingerprint density at radius 1 is 1.03 bits per heavy atom. The van der Waals surface area contributed by atoms with Crippen molar-refractivity contribution in [2.75, 3.05) is 33.4 Å². The molecular formula is C26H25N5O3S. The topological polar surface area (TPSA) is 82.4 Å². The fourth-order valence-corrected chi connectivity index (χ4v) is 4.96. The van der Waals surface area contributed by atoms with E-state index in [0.717, 1.165) is 16.8 Å². The van der Waals surface area contributed by atoms with E-state index < -0.39 is 0 Å². The van der Waals surface area contributed by atoms with Crippen LogP contribution in [0.15, 0.2) is 78.2 Å². The maximum atomic E-state index is 13.2. The third-order valence-corrected chi connectivity index (χ3v) is 6.76. The van der Waals surface area contributed by atoms with E-state index in [1.807, 2.05) is 70.1 Å². The largest absolute Gasteiger partial charge is 0.495 e. The normalized spacial score (nSPS) is 13.6. The van der Waals surface area contributed by atoms with Gasteiger partial charge in [-0.2, -0.15) is 0 Å². The zero-order chi connectivity index (χ0) is 24.0. The van der Waals surface area contributed by atoms with Crippen LogP contribution in [0.25, 0.3) is 17.1 Å². The van der Waals surface area contributed by atoms with Crippen LogP contribution >= 0.6 is 11.8 Å². The zero-order valence-electron chi connectivity index (χ0n) is 19.3. The number of aromatic nitrogens is 4. The molecular weight excluding hydrogens is 462 g/mol. The van der Waals surface area contributed by atoms with E-state index >= 15 is 0 Å². The van der Waals surface area contributed by atoms with Crippen LogP contribution in [-0.4, -0.2) is 64.0 Å². The third-order valence-electron chi connectivity index (χ3n) is 5.78. The molecule has 0 spiro atoms. The summed E-state index contributed by atoms with van der Waals surface area (Å²) in [6.45, 7) is 2.36. The zero-order valence-corrected chi connectivity index (χ0v) is 20.1. The van der Waals surface area contributed by atoms with Gasteiger partial charge in [0.15, 0.2) is 11.0 Å². The summed E-state index contributed by atoms with van der Waals surface area (Å²) < 4.78 is 13.0. The molecule has 0 atom stereocenters. The molecule has 1 aliphatic heterocycles. The molecule has 3 heterocycles. The third kappa shape index (κ3) is 4.91. The van der Waals surface area contributed by atoms with E-state index in [2.05, 4.69) is 15.2 Å². The highest BCUT2D eigenvalue weighted by atomic mass is 32.2. The predicted octanol–water partition coefficient (Wildman–Crippen LogP) is 4.10. The molecule has 5 rings (SSSR count). The van der Waals surface area contributed by atoms with Crippen LogP contribution < -0.4 is 4.74 Å². The van der Waals surface area contributed by atoms with Crippen molar-refractivity contribution in [2.24, 2.45) is 0 Å². The summed E-state index contributed by atoms with van der Waals surface area (Å²) in [6.07, 6.45) is 3.49. The van der Waals surface area contributed by atoms with E-state index in [0.29, 0.717) is 54.3 Å². The molecule has 0 saturated carbocycles. The molecule has 2 aromatic carbocycles. The van der Waals surface area contributed by atoms with Gasteiger partial charge in [-0.15, -0.1) is 10.2 Å².